The molecule has 8 unspecified atom stereocenters. The Morgan fingerprint density at radius 1 is 0.414 bits per heavy atom. The molecular weight excluding hydrogens is 1280 g/mol. The Labute approximate surface area is 590 Å². The van der Waals surface area contributed by atoms with Crippen LogP contribution in [0, 0.1) is 92.7 Å². The molecule has 0 amide bonds. The molecule has 24 nitrogen and oxygen atoms in total. The van der Waals surface area contributed by atoms with Crippen molar-refractivity contribution in [2.75, 3.05) is 165 Å². The van der Waals surface area contributed by atoms with Crippen molar-refractivity contribution in [3.05, 3.63) is 0 Å². The minimum Gasteiger partial charge on any atom is -0.462 e. The lowest BCUT2D eigenvalue weighted by molar-refractivity contribution is -0.207. The lowest BCUT2D eigenvalue weighted by Gasteiger charge is -2.63. The fraction of sp³-hybridized carbons (Fsp3) is 0.973. The highest BCUT2D eigenvalue weighted by molar-refractivity contribution is 5.70. The minimum atomic E-state index is -1.09. The number of hydrogen-bond donors (Lipinski definition) is 8. The SMILES string of the molecule is C[C@H](CCC(=O)OCC(COC(CO)OCCOCCOCCOCCOCCOCCOCCOCCOCCOCCOCCO)OC(=O)CC[C@@H](C)[C@H]1CCC2C3C(C[C@H](O)[C@@]21C)[C@@]1(C)CC[C@@H](O)C[C@H]1C[C@H]3O)[C@H]1CCC2C3C(C[C@H](O)[C@@]21C)[C@@]1(C)CC[C@@H](O)C[C@H]1C[C@H]3O. The number of esters is 2. The number of hydrogen-bond acceptors (Lipinski definition) is 24. The fourth-order valence-corrected chi connectivity index (χ4v) is 20.7. The Kier molecular flexibility index (Phi) is 34.5. The van der Waals surface area contributed by atoms with Gasteiger partial charge >= 0.3 is 11.9 Å². The van der Waals surface area contributed by atoms with Gasteiger partial charge in [0.05, 0.1) is 195 Å². The number of aliphatic hydroxyl groups excluding tert-OH is 8. The summed E-state index contributed by atoms with van der Waals surface area (Å²) in [5.74, 6) is 0.761. The van der Waals surface area contributed by atoms with E-state index in [0.717, 1.165) is 51.4 Å². The molecule has 0 heterocycles. The molecule has 24 heteroatoms. The van der Waals surface area contributed by atoms with Gasteiger partial charge in [-0.3, -0.25) is 9.59 Å². The smallest absolute Gasteiger partial charge is 0.306 e. The second-order valence-corrected chi connectivity index (χ2v) is 31.5. The van der Waals surface area contributed by atoms with Crippen molar-refractivity contribution in [3.8, 4) is 0 Å². The molecule has 0 radical (unpaired) electrons. The van der Waals surface area contributed by atoms with E-state index in [9.17, 15) is 45.3 Å². The second kappa shape index (κ2) is 41.3. The lowest BCUT2D eigenvalue weighted by atomic mass is 9.43. The van der Waals surface area contributed by atoms with Crippen LogP contribution in [0.4, 0.5) is 0 Å². The Balaban J connectivity index is 0.712. The maximum absolute atomic E-state index is 13.9. The number of aliphatic hydroxyl groups is 8. The van der Waals surface area contributed by atoms with E-state index in [1.807, 2.05) is 0 Å². The zero-order chi connectivity index (χ0) is 71.0. The summed E-state index contributed by atoms with van der Waals surface area (Å²) in [7, 11) is 0. The van der Waals surface area contributed by atoms with Gasteiger partial charge in [0.1, 0.15) is 6.61 Å². The average molecular weight is 1420 g/mol. The first-order valence-corrected chi connectivity index (χ1v) is 38.4. The maximum Gasteiger partial charge on any atom is 0.306 e. The van der Waals surface area contributed by atoms with Crippen molar-refractivity contribution in [2.45, 2.75) is 206 Å². The molecule has 0 bridgehead atoms. The Hall–Kier alpha value is -1.86. The molecule has 8 N–H and O–H groups in total. The normalized spacial score (nSPS) is 36.7. The van der Waals surface area contributed by atoms with Crippen molar-refractivity contribution in [3.63, 3.8) is 0 Å². The van der Waals surface area contributed by atoms with E-state index in [2.05, 4.69) is 41.5 Å². The summed E-state index contributed by atoms with van der Waals surface area (Å²) in [4.78, 5) is 27.7. The van der Waals surface area contributed by atoms with Gasteiger partial charge in [-0.25, -0.2) is 0 Å². The van der Waals surface area contributed by atoms with Crippen LogP contribution >= 0.6 is 0 Å². The van der Waals surface area contributed by atoms with E-state index in [1.165, 1.54) is 0 Å². The first-order chi connectivity index (χ1) is 47.7. The molecule has 8 aliphatic rings. The summed E-state index contributed by atoms with van der Waals surface area (Å²) >= 11 is 0. The summed E-state index contributed by atoms with van der Waals surface area (Å²) < 4.78 is 78.7. The van der Waals surface area contributed by atoms with Crippen LogP contribution in [0.15, 0.2) is 0 Å². The van der Waals surface area contributed by atoms with Crippen molar-refractivity contribution in [2.24, 2.45) is 92.7 Å². The van der Waals surface area contributed by atoms with Crippen LogP contribution in [0.3, 0.4) is 0 Å². The number of carbonyl (C=O) groups is 2. The largest absolute Gasteiger partial charge is 0.462 e. The van der Waals surface area contributed by atoms with Gasteiger partial charge in [0.25, 0.3) is 0 Å². The van der Waals surface area contributed by atoms with Gasteiger partial charge in [0.2, 0.25) is 0 Å². The molecule has 0 aromatic heterocycles. The fourth-order valence-electron chi connectivity index (χ4n) is 20.7. The quantitative estimate of drug-likeness (QED) is 0.0206. The van der Waals surface area contributed by atoms with Crippen LogP contribution in [-0.4, -0.2) is 267 Å². The zero-order valence-electron chi connectivity index (χ0n) is 61.1. The van der Waals surface area contributed by atoms with Crippen molar-refractivity contribution in [1.29, 1.82) is 0 Å². The van der Waals surface area contributed by atoms with Gasteiger partial charge in [0.15, 0.2) is 12.4 Å². The van der Waals surface area contributed by atoms with Gasteiger partial charge in [-0.15, -0.1) is 0 Å². The Morgan fingerprint density at radius 3 is 1.15 bits per heavy atom. The van der Waals surface area contributed by atoms with Crippen LogP contribution in [0.5, 0.6) is 0 Å². The Bertz CT molecular complexity index is 2290. The molecule has 99 heavy (non-hydrogen) atoms. The predicted molar refractivity (Wildman–Crippen MR) is 364 cm³/mol. The monoisotopic (exact) mass is 1420 g/mol. The molecule has 8 aliphatic carbocycles. The van der Waals surface area contributed by atoms with Gasteiger partial charge in [-0.05, 0) is 195 Å². The molecule has 8 fully saturated rings. The number of ether oxygens (including phenoxy) is 14. The van der Waals surface area contributed by atoms with E-state index in [-0.39, 0.29) is 140 Å². The van der Waals surface area contributed by atoms with Crippen LogP contribution < -0.4 is 0 Å². The first-order valence-electron chi connectivity index (χ1n) is 38.4. The van der Waals surface area contributed by atoms with E-state index in [1.54, 1.807) is 0 Å². The summed E-state index contributed by atoms with van der Waals surface area (Å²) in [6.45, 7) is 20.7. The Morgan fingerprint density at radius 2 is 0.778 bits per heavy atom. The van der Waals surface area contributed by atoms with Crippen molar-refractivity contribution in [1.82, 2.24) is 0 Å². The van der Waals surface area contributed by atoms with E-state index in [4.69, 9.17) is 71.4 Å². The molecule has 8 rings (SSSR count). The molecule has 0 aromatic rings. The third-order valence-corrected chi connectivity index (χ3v) is 26.1. The van der Waals surface area contributed by atoms with E-state index in [0.29, 0.717) is 177 Å². The third kappa shape index (κ3) is 22.1. The standard InChI is InChI=1S/C75H132O24/c1-50(57-9-11-59-70-61(45-65(82)74(57,59)5)72(3)17-15-54(78)41-52(72)43-63(70)80)7-13-67(84)97-48-56(99-68(85)14-8-51(2)58-10-12-60-71-62(46-66(83)75(58,60)6)73(4)18-16-55(79)42-53(73)44-64(71)81)49-98-69(47-77)96-40-39-95-38-37-94-36-35-93-34-33-92-32-31-91-30-29-90-28-27-89-26-25-88-24-23-87-22-21-86-20-19-76/h50-66,69-71,76-83H,7-49H2,1-6H3/t50-,51-,52+,53+,54-,55-,56?,57-,58-,59?,60?,61?,62?,63-,64-,65+,66+,69?,70?,71?,72+,73+,74-,75-/m1/s1. The third-order valence-electron chi connectivity index (χ3n) is 26.1. The number of fused-ring (bicyclic) bond motifs is 10. The topological polar surface area (TPSA) is 325 Å². The van der Waals surface area contributed by atoms with Crippen LogP contribution in [-0.2, 0) is 75.9 Å². The molecule has 24 atom stereocenters. The van der Waals surface area contributed by atoms with Gasteiger partial charge in [-0.2, -0.15) is 0 Å². The molecule has 0 aliphatic heterocycles. The predicted octanol–water partition coefficient (Wildman–Crippen LogP) is 5.71. The number of rotatable bonds is 48. The summed E-state index contributed by atoms with van der Waals surface area (Å²) in [5.41, 5.74) is -0.910. The summed E-state index contributed by atoms with van der Waals surface area (Å²) in [6.07, 6.45) is 7.39. The van der Waals surface area contributed by atoms with Gasteiger partial charge in [0, 0.05) is 12.8 Å². The highest BCUT2D eigenvalue weighted by atomic mass is 16.7. The zero-order valence-corrected chi connectivity index (χ0v) is 61.1. The summed E-state index contributed by atoms with van der Waals surface area (Å²) in [5, 5.41) is 88.2. The van der Waals surface area contributed by atoms with Crippen molar-refractivity contribution >= 4 is 11.9 Å². The van der Waals surface area contributed by atoms with Gasteiger partial charge < -0.3 is 107 Å². The summed E-state index contributed by atoms with van der Waals surface area (Å²) in [6, 6.07) is 0. The average Bonchev–Trinajstić information content (AvgIpc) is 1.70. The van der Waals surface area contributed by atoms with Crippen molar-refractivity contribution < 1.29 is 117 Å². The van der Waals surface area contributed by atoms with Crippen LogP contribution in [0.2, 0.25) is 0 Å². The minimum absolute atomic E-state index is 0.00349. The maximum atomic E-state index is 13.9. The molecule has 8 saturated carbocycles. The van der Waals surface area contributed by atoms with E-state index < -0.39 is 66.2 Å². The highest BCUT2D eigenvalue weighted by Gasteiger charge is 2.68. The number of carbonyl (C=O) groups excluding carboxylic acids is 2. The molecule has 0 saturated heterocycles. The second-order valence-electron chi connectivity index (χ2n) is 31.5. The first kappa shape index (κ1) is 82.8. The lowest BCUT2D eigenvalue weighted by Crippen LogP contribution is -2.62. The van der Waals surface area contributed by atoms with Crippen LogP contribution in [0.25, 0.3) is 0 Å². The highest BCUT2D eigenvalue weighted by Crippen LogP contribution is 2.70. The van der Waals surface area contributed by atoms with Gasteiger partial charge in [-0.1, -0.05) is 41.5 Å². The molecule has 576 valence electrons. The molecule has 0 aromatic carbocycles. The molecular formula is C75H132O24. The van der Waals surface area contributed by atoms with Crippen LogP contribution in [0.1, 0.15) is 157 Å². The van der Waals surface area contributed by atoms with E-state index >= 15 is 0 Å². The molecule has 0 spiro atoms.